The number of rotatable bonds is 58. The molecule has 3 N–H and O–H groups in total. The molecule has 0 saturated heterocycles. The first kappa shape index (κ1) is 66.9. The van der Waals surface area contributed by atoms with Gasteiger partial charge in [0.25, 0.3) is 0 Å². The topological polar surface area (TPSA) is 95.9 Å². The average molecular weight is 963 g/mol. The standard InChI is InChI=1S/C62H123NO5/c1-4-7-10-13-16-19-22-25-28-30-32-34-37-40-43-46-49-52-55-62(67)68-58(53-50-47-44-41-38-35-33-31-29-26-23-20-17-14-11-8-5-2)56-61(66)63-59(57-64)60(65)54-51-48-45-42-39-36-27-24-21-18-15-12-9-6-3/h58-60,64-65H,4-57H2,1-3H3,(H,63,66). The molecule has 0 aliphatic rings. The smallest absolute Gasteiger partial charge is 0.306 e. The first-order valence-corrected chi connectivity index (χ1v) is 31.3. The van der Waals surface area contributed by atoms with Crippen LogP contribution in [0.5, 0.6) is 0 Å². The van der Waals surface area contributed by atoms with Gasteiger partial charge in [-0.15, -0.1) is 0 Å². The van der Waals surface area contributed by atoms with Gasteiger partial charge >= 0.3 is 5.97 Å². The molecule has 0 aromatic carbocycles. The molecule has 6 nitrogen and oxygen atoms in total. The van der Waals surface area contributed by atoms with E-state index in [1.807, 2.05) is 0 Å². The Hall–Kier alpha value is -1.14. The summed E-state index contributed by atoms with van der Waals surface area (Å²) in [7, 11) is 0. The molecule has 1 amide bonds. The van der Waals surface area contributed by atoms with Crippen molar-refractivity contribution in [3.05, 3.63) is 0 Å². The monoisotopic (exact) mass is 962 g/mol. The minimum absolute atomic E-state index is 0.0891. The van der Waals surface area contributed by atoms with Crippen LogP contribution >= 0.6 is 0 Å². The summed E-state index contributed by atoms with van der Waals surface area (Å²) in [6.07, 6.45) is 64.6. The van der Waals surface area contributed by atoms with E-state index < -0.39 is 18.2 Å². The predicted octanol–water partition coefficient (Wildman–Crippen LogP) is 19.5. The SMILES string of the molecule is CCCCCCCCCCCCCCCCCCCCC(=O)OC(CCCCCCCCCCCCCCCCCCC)CC(=O)NC(CO)C(O)CCCCCCCCCCCCCCCC. The highest BCUT2D eigenvalue weighted by molar-refractivity contribution is 5.77. The van der Waals surface area contributed by atoms with Gasteiger partial charge in [0.15, 0.2) is 0 Å². The highest BCUT2D eigenvalue weighted by Crippen LogP contribution is 2.20. The van der Waals surface area contributed by atoms with Gasteiger partial charge in [0.2, 0.25) is 5.91 Å². The number of nitrogens with one attached hydrogen (secondary N) is 1. The van der Waals surface area contributed by atoms with Crippen molar-refractivity contribution < 1.29 is 24.5 Å². The molecular weight excluding hydrogens is 839 g/mol. The zero-order chi connectivity index (χ0) is 49.5. The number of unbranched alkanes of at least 4 members (excludes halogenated alkanes) is 46. The van der Waals surface area contributed by atoms with E-state index in [0.717, 1.165) is 38.5 Å². The van der Waals surface area contributed by atoms with Gasteiger partial charge < -0.3 is 20.3 Å². The number of carbonyl (C=O) groups excluding carboxylic acids is 2. The summed E-state index contributed by atoms with van der Waals surface area (Å²) in [5.74, 6) is -0.440. The predicted molar refractivity (Wildman–Crippen MR) is 297 cm³/mol. The minimum atomic E-state index is -0.781. The molecule has 0 spiro atoms. The van der Waals surface area contributed by atoms with E-state index in [0.29, 0.717) is 19.3 Å². The second kappa shape index (κ2) is 56.8. The fourth-order valence-corrected chi connectivity index (χ4v) is 10.2. The van der Waals surface area contributed by atoms with Gasteiger partial charge in [0.1, 0.15) is 6.10 Å². The molecule has 0 heterocycles. The Morgan fingerprint density at radius 1 is 0.368 bits per heavy atom. The van der Waals surface area contributed by atoms with Gasteiger partial charge in [0.05, 0.1) is 25.2 Å². The number of amides is 1. The molecule has 0 rings (SSSR count). The van der Waals surface area contributed by atoms with E-state index in [2.05, 4.69) is 26.1 Å². The Kier molecular flexibility index (Phi) is 55.8. The number of hydrogen-bond acceptors (Lipinski definition) is 5. The lowest BCUT2D eigenvalue weighted by Crippen LogP contribution is -2.46. The molecule has 406 valence electrons. The maximum Gasteiger partial charge on any atom is 0.306 e. The Labute approximate surface area is 426 Å². The Balaban J connectivity index is 4.47. The maximum absolute atomic E-state index is 13.3. The molecule has 3 atom stereocenters. The van der Waals surface area contributed by atoms with E-state index in [1.165, 1.54) is 276 Å². The lowest BCUT2D eigenvalue weighted by Gasteiger charge is -2.24. The lowest BCUT2D eigenvalue weighted by atomic mass is 10.0. The summed E-state index contributed by atoms with van der Waals surface area (Å²) in [5, 5.41) is 23.9. The number of esters is 1. The van der Waals surface area contributed by atoms with Crippen LogP contribution in [0, 0.1) is 0 Å². The zero-order valence-electron chi connectivity index (χ0n) is 46.5. The normalized spacial score (nSPS) is 13.0. The van der Waals surface area contributed by atoms with Crippen LogP contribution in [-0.2, 0) is 14.3 Å². The van der Waals surface area contributed by atoms with E-state index >= 15 is 0 Å². The summed E-state index contributed by atoms with van der Waals surface area (Å²) in [6.45, 7) is 6.55. The molecule has 0 bridgehead atoms. The fraction of sp³-hybridized carbons (Fsp3) is 0.968. The number of hydrogen-bond donors (Lipinski definition) is 3. The van der Waals surface area contributed by atoms with Gasteiger partial charge in [-0.25, -0.2) is 0 Å². The number of ether oxygens (including phenoxy) is 1. The van der Waals surface area contributed by atoms with Gasteiger partial charge in [0, 0.05) is 6.42 Å². The molecule has 68 heavy (non-hydrogen) atoms. The van der Waals surface area contributed by atoms with Gasteiger partial charge in [-0.2, -0.15) is 0 Å². The summed E-state index contributed by atoms with van der Waals surface area (Å²) in [4.78, 5) is 26.4. The van der Waals surface area contributed by atoms with E-state index in [4.69, 9.17) is 4.74 Å². The van der Waals surface area contributed by atoms with Crippen LogP contribution in [0.4, 0.5) is 0 Å². The Morgan fingerprint density at radius 2 is 0.618 bits per heavy atom. The van der Waals surface area contributed by atoms with Crippen molar-refractivity contribution in [2.24, 2.45) is 0 Å². The zero-order valence-corrected chi connectivity index (χ0v) is 46.5. The van der Waals surface area contributed by atoms with Crippen molar-refractivity contribution in [3.63, 3.8) is 0 Å². The van der Waals surface area contributed by atoms with Crippen molar-refractivity contribution in [2.75, 3.05) is 6.61 Å². The second-order valence-electron chi connectivity index (χ2n) is 21.8. The van der Waals surface area contributed by atoms with Gasteiger partial charge in [-0.05, 0) is 25.7 Å². The maximum atomic E-state index is 13.3. The number of carbonyl (C=O) groups is 2. The van der Waals surface area contributed by atoms with E-state index in [1.54, 1.807) is 0 Å². The molecule has 0 radical (unpaired) electrons. The third kappa shape index (κ3) is 51.2. The molecule has 0 aliphatic carbocycles. The molecule has 0 saturated carbocycles. The Bertz CT molecular complexity index is 990. The highest BCUT2D eigenvalue weighted by atomic mass is 16.5. The fourth-order valence-electron chi connectivity index (χ4n) is 10.2. The van der Waals surface area contributed by atoms with Crippen LogP contribution in [0.3, 0.4) is 0 Å². The highest BCUT2D eigenvalue weighted by Gasteiger charge is 2.24. The van der Waals surface area contributed by atoms with Gasteiger partial charge in [-0.3, -0.25) is 9.59 Å². The van der Waals surface area contributed by atoms with Crippen LogP contribution in [0.1, 0.15) is 361 Å². The molecule has 0 aromatic rings. The first-order valence-electron chi connectivity index (χ1n) is 31.3. The van der Waals surface area contributed by atoms with Crippen LogP contribution in [0.15, 0.2) is 0 Å². The van der Waals surface area contributed by atoms with Crippen LogP contribution in [0.25, 0.3) is 0 Å². The third-order valence-electron chi connectivity index (χ3n) is 14.9. The molecule has 0 aliphatic heterocycles. The summed E-state index contributed by atoms with van der Waals surface area (Å²) < 4.78 is 5.99. The number of aliphatic hydroxyl groups excluding tert-OH is 2. The van der Waals surface area contributed by atoms with E-state index in [9.17, 15) is 19.8 Å². The molecular formula is C62H123NO5. The molecule has 3 unspecified atom stereocenters. The molecule has 6 heteroatoms. The van der Waals surface area contributed by atoms with Crippen molar-refractivity contribution >= 4 is 11.9 Å². The lowest BCUT2D eigenvalue weighted by molar-refractivity contribution is -0.151. The minimum Gasteiger partial charge on any atom is -0.462 e. The first-order chi connectivity index (χ1) is 33.5. The van der Waals surface area contributed by atoms with Crippen molar-refractivity contribution in [2.45, 2.75) is 379 Å². The quantitative estimate of drug-likeness (QED) is 0.0417. The van der Waals surface area contributed by atoms with Crippen molar-refractivity contribution in [1.29, 1.82) is 0 Å². The largest absolute Gasteiger partial charge is 0.462 e. The van der Waals surface area contributed by atoms with Gasteiger partial charge in [-0.1, -0.05) is 323 Å². The van der Waals surface area contributed by atoms with E-state index in [-0.39, 0.29) is 24.9 Å². The summed E-state index contributed by atoms with van der Waals surface area (Å²) in [6, 6.07) is -0.694. The molecule has 0 aromatic heterocycles. The number of aliphatic hydroxyl groups is 2. The van der Waals surface area contributed by atoms with Crippen molar-refractivity contribution in [3.8, 4) is 0 Å². The van der Waals surface area contributed by atoms with Crippen LogP contribution in [0.2, 0.25) is 0 Å². The van der Waals surface area contributed by atoms with Crippen molar-refractivity contribution in [1.82, 2.24) is 5.32 Å². The van der Waals surface area contributed by atoms with Crippen LogP contribution < -0.4 is 5.32 Å². The summed E-state index contributed by atoms with van der Waals surface area (Å²) in [5.41, 5.74) is 0. The second-order valence-corrected chi connectivity index (χ2v) is 21.8. The average Bonchev–Trinajstić information content (AvgIpc) is 3.33. The molecule has 0 fully saturated rings. The Morgan fingerprint density at radius 3 is 0.897 bits per heavy atom. The van der Waals surface area contributed by atoms with Crippen LogP contribution in [-0.4, -0.2) is 46.9 Å². The third-order valence-corrected chi connectivity index (χ3v) is 14.9. The summed E-state index contributed by atoms with van der Waals surface area (Å²) >= 11 is 0.